The molecule has 8 heteroatoms. The standard InChI is InChI=1S/C19H19NO5S2/c21-17(20-18(22)16-8-4-10-26-16)11-25-19(23)14-6-1-2-7-15(14)27-12-13-5-3-9-24-13/h1-2,4,6-8,10,13H,3,5,9,11-12H2,(H,20,21,22)/t13-/m0/s1. The largest absolute Gasteiger partial charge is 0.452 e. The summed E-state index contributed by atoms with van der Waals surface area (Å²) in [6, 6.07) is 10.4. The summed E-state index contributed by atoms with van der Waals surface area (Å²) in [7, 11) is 0. The Morgan fingerprint density at radius 1 is 1.22 bits per heavy atom. The number of rotatable bonds is 7. The van der Waals surface area contributed by atoms with Crippen LogP contribution in [0.1, 0.15) is 32.9 Å². The zero-order valence-electron chi connectivity index (χ0n) is 14.5. The van der Waals surface area contributed by atoms with Crippen LogP contribution in [0.15, 0.2) is 46.7 Å². The van der Waals surface area contributed by atoms with Crippen molar-refractivity contribution in [2.45, 2.75) is 23.8 Å². The Bertz CT molecular complexity index is 800. The van der Waals surface area contributed by atoms with Crippen LogP contribution in [-0.4, -0.2) is 42.9 Å². The van der Waals surface area contributed by atoms with E-state index in [0.717, 1.165) is 30.1 Å². The zero-order chi connectivity index (χ0) is 19.1. The number of carbonyl (C=O) groups is 3. The first-order chi connectivity index (χ1) is 13.1. The van der Waals surface area contributed by atoms with Gasteiger partial charge < -0.3 is 9.47 Å². The topological polar surface area (TPSA) is 81.7 Å². The summed E-state index contributed by atoms with van der Waals surface area (Å²) < 4.78 is 10.7. The van der Waals surface area contributed by atoms with Crippen molar-refractivity contribution in [1.82, 2.24) is 5.32 Å². The highest BCUT2D eigenvalue weighted by Gasteiger charge is 2.19. The van der Waals surface area contributed by atoms with Crippen LogP contribution in [0.2, 0.25) is 0 Å². The predicted octanol–water partition coefficient (Wildman–Crippen LogP) is 3.13. The van der Waals surface area contributed by atoms with Crippen molar-refractivity contribution in [3.05, 3.63) is 52.2 Å². The molecule has 2 heterocycles. The molecule has 1 atom stereocenters. The molecule has 1 fully saturated rings. The number of hydrogen-bond acceptors (Lipinski definition) is 7. The molecule has 0 radical (unpaired) electrons. The van der Waals surface area contributed by atoms with Crippen LogP contribution in [0, 0.1) is 0 Å². The Balaban J connectivity index is 1.51. The number of amides is 2. The molecule has 0 unspecified atom stereocenters. The first-order valence-electron chi connectivity index (χ1n) is 8.51. The molecule has 0 spiro atoms. The Hall–Kier alpha value is -2.16. The summed E-state index contributed by atoms with van der Waals surface area (Å²) in [4.78, 5) is 37.2. The fourth-order valence-corrected chi connectivity index (χ4v) is 4.29. The highest BCUT2D eigenvalue weighted by Crippen LogP contribution is 2.27. The van der Waals surface area contributed by atoms with Gasteiger partial charge in [0.25, 0.3) is 11.8 Å². The van der Waals surface area contributed by atoms with Crippen LogP contribution in [0.3, 0.4) is 0 Å². The van der Waals surface area contributed by atoms with Crippen molar-refractivity contribution in [2.75, 3.05) is 19.0 Å². The molecule has 0 aliphatic carbocycles. The van der Waals surface area contributed by atoms with E-state index in [1.54, 1.807) is 29.6 Å². The Morgan fingerprint density at radius 3 is 2.81 bits per heavy atom. The Labute approximate surface area is 165 Å². The van der Waals surface area contributed by atoms with Crippen LogP contribution in [0.4, 0.5) is 0 Å². The summed E-state index contributed by atoms with van der Waals surface area (Å²) in [6.45, 7) is 0.273. The van der Waals surface area contributed by atoms with E-state index in [4.69, 9.17) is 9.47 Å². The van der Waals surface area contributed by atoms with Crippen molar-refractivity contribution >= 4 is 40.9 Å². The number of thioether (sulfide) groups is 1. The number of hydrogen-bond donors (Lipinski definition) is 1. The lowest BCUT2D eigenvalue weighted by atomic mass is 10.2. The molecule has 2 amide bonds. The smallest absolute Gasteiger partial charge is 0.339 e. The van der Waals surface area contributed by atoms with Gasteiger partial charge in [-0.05, 0) is 36.4 Å². The van der Waals surface area contributed by atoms with Gasteiger partial charge in [-0.1, -0.05) is 18.2 Å². The van der Waals surface area contributed by atoms with Gasteiger partial charge in [0.2, 0.25) is 0 Å². The van der Waals surface area contributed by atoms with Crippen LogP contribution >= 0.6 is 23.1 Å². The van der Waals surface area contributed by atoms with Crippen LogP contribution < -0.4 is 5.32 Å². The third-order valence-electron chi connectivity index (χ3n) is 3.89. The number of thiophene rings is 1. The summed E-state index contributed by atoms with van der Waals surface area (Å²) >= 11 is 2.76. The van der Waals surface area contributed by atoms with Crippen LogP contribution in [0.5, 0.6) is 0 Å². The van der Waals surface area contributed by atoms with E-state index < -0.39 is 24.4 Å². The highest BCUT2D eigenvalue weighted by molar-refractivity contribution is 7.99. The normalized spacial score (nSPS) is 16.1. The molecule has 1 aliphatic heterocycles. The second-order valence-corrected chi connectivity index (χ2v) is 7.88. The molecule has 0 bridgehead atoms. The predicted molar refractivity (Wildman–Crippen MR) is 103 cm³/mol. The SMILES string of the molecule is O=C(COC(=O)c1ccccc1SC[C@@H]1CCCO1)NC(=O)c1cccs1. The maximum atomic E-state index is 12.4. The first-order valence-corrected chi connectivity index (χ1v) is 10.4. The van der Waals surface area contributed by atoms with Crippen molar-refractivity contribution < 1.29 is 23.9 Å². The van der Waals surface area contributed by atoms with Gasteiger partial charge in [-0.2, -0.15) is 0 Å². The monoisotopic (exact) mass is 405 g/mol. The number of imide groups is 1. The van der Waals surface area contributed by atoms with Crippen LogP contribution in [-0.2, 0) is 14.3 Å². The number of esters is 1. The molecule has 1 aromatic carbocycles. The van der Waals surface area contributed by atoms with Crippen molar-refractivity contribution in [3.8, 4) is 0 Å². The molecular weight excluding hydrogens is 386 g/mol. The minimum atomic E-state index is -0.661. The van der Waals surface area contributed by atoms with Crippen LogP contribution in [0.25, 0.3) is 0 Å². The molecule has 27 heavy (non-hydrogen) atoms. The van der Waals surface area contributed by atoms with Gasteiger partial charge in [-0.3, -0.25) is 14.9 Å². The molecule has 142 valence electrons. The number of carbonyl (C=O) groups excluding carboxylic acids is 3. The number of ether oxygens (including phenoxy) is 2. The molecule has 1 aliphatic rings. The lowest BCUT2D eigenvalue weighted by molar-refractivity contribution is -0.123. The lowest BCUT2D eigenvalue weighted by Crippen LogP contribution is -2.33. The molecule has 6 nitrogen and oxygen atoms in total. The summed E-state index contributed by atoms with van der Waals surface area (Å²) in [5.74, 6) is -0.992. The van der Waals surface area contributed by atoms with Gasteiger partial charge in [-0.25, -0.2) is 4.79 Å². The van der Waals surface area contributed by atoms with E-state index in [2.05, 4.69) is 5.32 Å². The third kappa shape index (κ3) is 5.66. The fraction of sp³-hybridized carbons (Fsp3) is 0.316. The Morgan fingerprint density at radius 2 is 2.07 bits per heavy atom. The maximum absolute atomic E-state index is 12.4. The minimum Gasteiger partial charge on any atom is -0.452 e. The molecule has 0 saturated carbocycles. The minimum absolute atomic E-state index is 0.202. The van der Waals surface area contributed by atoms with Crippen molar-refractivity contribution in [3.63, 3.8) is 0 Å². The van der Waals surface area contributed by atoms with Crippen molar-refractivity contribution in [2.24, 2.45) is 0 Å². The fourth-order valence-electron chi connectivity index (χ4n) is 2.56. The zero-order valence-corrected chi connectivity index (χ0v) is 16.1. The quantitative estimate of drug-likeness (QED) is 0.563. The summed E-state index contributed by atoms with van der Waals surface area (Å²) in [5, 5.41) is 3.94. The van der Waals surface area contributed by atoms with Gasteiger partial charge in [0, 0.05) is 17.3 Å². The first kappa shape index (κ1) is 19.6. The second kappa shape index (κ2) is 9.68. The highest BCUT2D eigenvalue weighted by atomic mass is 32.2. The van der Waals surface area contributed by atoms with E-state index in [1.807, 2.05) is 12.1 Å². The molecule has 3 rings (SSSR count). The Kier molecular flexibility index (Phi) is 7.03. The molecule has 1 aromatic heterocycles. The third-order valence-corrected chi connectivity index (χ3v) is 5.96. The van der Waals surface area contributed by atoms with Gasteiger partial charge in [0.15, 0.2) is 6.61 Å². The number of nitrogens with one attached hydrogen (secondary N) is 1. The molecule has 2 aromatic rings. The van der Waals surface area contributed by atoms with E-state index >= 15 is 0 Å². The maximum Gasteiger partial charge on any atom is 0.339 e. The van der Waals surface area contributed by atoms with Gasteiger partial charge in [-0.15, -0.1) is 23.1 Å². The lowest BCUT2D eigenvalue weighted by Gasteiger charge is -2.12. The molecule has 1 saturated heterocycles. The van der Waals surface area contributed by atoms with E-state index in [0.29, 0.717) is 10.4 Å². The average Bonchev–Trinajstić information content (AvgIpc) is 3.38. The second-order valence-electron chi connectivity index (χ2n) is 5.87. The van der Waals surface area contributed by atoms with Gasteiger partial charge in [0.1, 0.15) is 0 Å². The molecular formula is C19H19NO5S2. The van der Waals surface area contributed by atoms with Gasteiger partial charge in [0.05, 0.1) is 16.5 Å². The van der Waals surface area contributed by atoms with E-state index in [9.17, 15) is 14.4 Å². The number of benzene rings is 1. The van der Waals surface area contributed by atoms with Crippen molar-refractivity contribution in [1.29, 1.82) is 0 Å². The van der Waals surface area contributed by atoms with E-state index in [-0.39, 0.29) is 6.10 Å². The average molecular weight is 405 g/mol. The molecule has 1 N–H and O–H groups in total. The van der Waals surface area contributed by atoms with Gasteiger partial charge >= 0.3 is 5.97 Å². The summed E-state index contributed by atoms with van der Waals surface area (Å²) in [5.41, 5.74) is 0.401. The summed E-state index contributed by atoms with van der Waals surface area (Å²) in [6.07, 6.45) is 2.29. The van der Waals surface area contributed by atoms with E-state index in [1.165, 1.54) is 23.1 Å².